The lowest BCUT2D eigenvalue weighted by Crippen LogP contribution is -2.17. The summed E-state index contributed by atoms with van der Waals surface area (Å²) in [4.78, 5) is 15.5. The zero-order valence-corrected chi connectivity index (χ0v) is 12.8. The van der Waals surface area contributed by atoms with E-state index in [9.17, 15) is 4.79 Å². The number of carbonyl (C=O) groups excluding carboxylic acids is 1. The van der Waals surface area contributed by atoms with Crippen LogP contribution < -0.4 is 10.2 Å². The van der Waals surface area contributed by atoms with Gasteiger partial charge in [-0.05, 0) is 36.7 Å². The molecular formula is C14H13N5O2S. The Morgan fingerprint density at radius 3 is 3.09 bits per heavy atom. The summed E-state index contributed by atoms with van der Waals surface area (Å²) in [5.74, 6) is 0.443. The second kappa shape index (κ2) is 5.94. The number of rotatable bonds is 4. The van der Waals surface area contributed by atoms with E-state index in [1.165, 1.54) is 0 Å². The fourth-order valence-corrected chi connectivity index (χ4v) is 2.55. The minimum Gasteiger partial charge on any atom is -0.497 e. The Bertz CT molecular complexity index is 852. The van der Waals surface area contributed by atoms with Crippen molar-refractivity contribution < 1.29 is 9.53 Å². The number of hydrogen-bond donors (Lipinski definition) is 2. The number of H-pyrrole nitrogens is 1. The van der Waals surface area contributed by atoms with Gasteiger partial charge in [0.05, 0.1) is 19.0 Å². The molecule has 0 saturated carbocycles. The number of methoxy groups -OCH3 is 1. The number of nitrogens with zero attached hydrogens (tertiary/aromatic N) is 3. The maximum atomic E-state index is 11.9. The van der Waals surface area contributed by atoms with Crippen LogP contribution in [-0.4, -0.2) is 33.8 Å². The van der Waals surface area contributed by atoms with Gasteiger partial charge >= 0.3 is 0 Å². The van der Waals surface area contributed by atoms with Gasteiger partial charge in [0, 0.05) is 22.7 Å². The van der Waals surface area contributed by atoms with Gasteiger partial charge in [-0.2, -0.15) is 5.10 Å². The molecule has 22 heavy (non-hydrogen) atoms. The maximum Gasteiger partial charge on any atom is 0.285 e. The van der Waals surface area contributed by atoms with E-state index >= 15 is 0 Å². The Labute approximate surface area is 130 Å². The smallest absolute Gasteiger partial charge is 0.285 e. The summed E-state index contributed by atoms with van der Waals surface area (Å²) < 4.78 is 8.93. The molecule has 3 aromatic rings. The lowest BCUT2D eigenvalue weighted by Gasteiger charge is -1.99. The van der Waals surface area contributed by atoms with Gasteiger partial charge in [-0.15, -0.1) is 5.10 Å². The quantitative estimate of drug-likeness (QED) is 0.569. The van der Waals surface area contributed by atoms with Gasteiger partial charge in [0.15, 0.2) is 0 Å². The highest BCUT2D eigenvalue weighted by Gasteiger charge is 2.12. The number of aryl methyl sites for hydroxylation is 1. The van der Waals surface area contributed by atoms with Gasteiger partial charge in [-0.25, -0.2) is 5.43 Å². The van der Waals surface area contributed by atoms with Crippen molar-refractivity contribution >= 4 is 34.6 Å². The first-order valence-electron chi connectivity index (χ1n) is 6.46. The Balaban J connectivity index is 1.78. The summed E-state index contributed by atoms with van der Waals surface area (Å²) in [6, 6.07) is 5.71. The van der Waals surface area contributed by atoms with Gasteiger partial charge in [0.2, 0.25) is 0 Å². The molecule has 2 heterocycles. The molecule has 8 heteroatoms. The predicted octanol–water partition coefficient (Wildman–Crippen LogP) is 2.10. The number of nitrogens with one attached hydrogen (secondary N) is 2. The summed E-state index contributed by atoms with van der Waals surface area (Å²) in [5, 5.41) is 8.74. The molecule has 0 saturated heterocycles. The molecule has 112 valence electrons. The van der Waals surface area contributed by atoms with Crippen LogP contribution in [0.2, 0.25) is 0 Å². The van der Waals surface area contributed by atoms with Crippen LogP contribution in [0, 0.1) is 6.92 Å². The Morgan fingerprint density at radius 1 is 1.50 bits per heavy atom. The molecule has 3 rings (SSSR count). The molecule has 0 radical (unpaired) electrons. The Morgan fingerprint density at radius 2 is 2.36 bits per heavy atom. The van der Waals surface area contributed by atoms with Crippen LogP contribution in [0.3, 0.4) is 0 Å². The highest BCUT2D eigenvalue weighted by atomic mass is 32.1. The summed E-state index contributed by atoms with van der Waals surface area (Å²) >= 11 is 1.04. The van der Waals surface area contributed by atoms with Crippen molar-refractivity contribution in [2.24, 2.45) is 5.10 Å². The van der Waals surface area contributed by atoms with Gasteiger partial charge in [-0.1, -0.05) is 4.49 Å². The molecule has 0 aliphatic carbocycles. The molecule has 0 fully saturated rings. The van der Waals surface area contributed by atoms with E-state index in [4.69, 9.17) is 4.74 Å². The maximum absolute atomic E-state index is 11.9. The van der Waals surface area contributed by atoms with Crippen LogP contribution in [0.5, 0.6) is 5.75 Å². The minimum absolute atomic E-state index is 0.318. The van der Waals surface area contributed by atoms with Gasteiger partial charge in [0.1, 0.15) is 10.6 Å². The summed E-state index contributed by atoms with van der Waals surface area (Å²) in [6.45, 7) is 1.73. The van der Waals surface area contributed by atoms with Crippen molar-refractivity contribution in [3.63, 3.8) is 0 Å². The molecule has 1 amide bonds. The summed E-state index contributed by atoms with van der Waals surface area (Å²) in [6.07, 6.45) is 3.40. The molecule has 7 nitrogen and oxygen atoms in total. The lowest BCUT2D eigenvalue weighted by atomic mass is 10.2. The normalized spacial score (nSPS) is 11.2. The van der Waals surface area contributed by atoms with E-state index in [0.717, 1.165) is 33.7 Å². The molecule has 0 aliphatic rings. The molecule has 1 aromatic carbocycles. The molecule has 0 unspecified atom stereocenters. The summed E-state index contributed by atoms with van der Waals surface area (Å²) in [5.41, 5.74) is 4.89. The lowest BCUT2D eigenvalue weighted by molar-refractivity contribution is 0.0958. The van der Waals surface area contributed by atoms with Gasteiger partial charge in [-0.3, -0.25) is 4.79 Å². The van der Waals surface area contributed by atoms with Crippen LogP contribution in [0.25, 0.3) is 10.9 Å². The number of aromatic nitrogens is 3. The Hall–Kier alpha value is -2.74. The molecular weight excluding hydrogens is 302 g/mol. The van der Waals surface area contributed by atoms with E-state index in [1.54, 1.807) is 20.2 Å². The van der Waals surface area contributed by atoms with E-state index < -0.39 is 0 Å². The number of ether oxygens (including phenoxy) is 1. The average molecular weight is 315 g/mol. The first-order valence-corrected chi connectivity index (χ1v) is 7.24. The van der Waals surface area contributed by atoms with Gasteiger partial charge in [0.25, 0.3) is 5.91 Å². The number of fused-ring (bicyclic) bond motifs is 1. The van der Waals surface area contributed by atoms with E-state index in [2.05, 4.69) is 25.1 Å². The van der Waals surface area contributed by atoms with Crippen LogP contribution >= 0.6 is 11.5 Å². The van der Waals surface area contributed by atoms with Crippen molar-refractivity contribution in [3.8, 4) is 5.75 Å². The number of carbonyl (C=O) groups is 1. The first-order chi connectivity index (χ1) is 10.7. The van der Waals surface area contributed by atoms with Crippen molar-refractivity contribution in [1.82, 2.24) is 20.0 Å². The average Bonchev–Trinajstić information content (AvgIpc) is 3.13. The van der Waals surface area contributed by atoms with Crippen molar-refractivity contribution in [2.45, 2.75) is 6.92 Å². The van der Waals surface area contributed by atoms with Crippen LogP contribution in [0.1, 0.15) is 20.9 Å². The number of aromatic amines is 1. The van der Waals surface area contributed by atoms with Gasteiger partial charge < -0.3 is 9.72 Å². The third-order valence-corrected chi connectivity index (χ3v) is 3.98. The van der Waals surface area contributed by atoms with Crippen molar-refractivity contribution in [3.05, 3.63) is 40.5 Å². The molecule has 2 aromatic heterocycles. The topological polar surface area (TPSA) is 92.3 Å². The molecule has 0 bridgehead atoms. The second-order valence-corrected chi connectivity index (χ2v) is 5.30. The second-order valence-electron chi connectivity index (χ2n) is 4.54. The highest BCUT2D eigenvalue weighted by Crippen LogP contribution is 2.22. The van der Waals surface area contributed by atoms with Crippen LogP contribution in [0.15, 0.2) is 29.5 Å². The largest absolute Gasteiger partial charge is 0.497 e. The number of hydrazone groups is 1. The Kier molecular flexibility index (Phi) is 3.84. The fourth-order valence-electron chi connectivity index (χ4n) is 2.01. The number of hydrogen-bond acceptors (Lipinski definition) is 6. The molecule has 2 N–H and O–H groups in total. The molecule has 0 atom stereocenters. The zero-order valence-electron chi connectivity index (χ0n) is 12.0. The molecule has 0 aliphatic heterocycles. The van der Waals surface area contributed by atoms with Crippen LogP contribution in [0.4, 0.5) is 0 Å². The monoisotopic (exact) mass is 315 g/mol. The van der Waals surface area contributed by atoms with Crippen molar-refractivity contribution in [2.75, 3.05) is 7.11 Å². The number of amides is 1. The SMILES string of the molecule is COc1ccc2[nH]cc(/C=N/NC(=O)c3snnc3C)c2c1. The third-order valence-electron chi connectivity index (χ3n) is 3.15. The minimum atomic E-state index is -0.318. The third kappa shape index (κ3) is 2.68. The molecule has 0 spiro atoms. The van der Waals surface area contributed by atoms with E-state index in [-0.39, 0.29) is 5.91 Å². The fraction of sp³-hybridized carbons (Fsp3) is 0.143. The summed E-state index contributed by atoms with van der Waals surface area (Å²) in [7, 11) is 1.62. The predicted molar refractivity (Wildman–Crippen MR) is 84.6 cm³/mol. The zero-order chi connectivity index (χ0) is 15.5. The standard InChI is InChI=1S/C14H13N5O2S/c1-8-13(22-19-17-8)14(20)18-16-7-9-6-15-12-4-3-10(21-2)5-11(9)12/h3-7,15H,1-2H3,(H,18,20)/b16-7+. The number of benzene rings is 1. The highest BCUT2D eigenvalue weighted by molar-refractivity contribution is 7.07. The van der Waals surface area contributed by atoms with Crippen molar-refractivity contribution in [1.29, 1.82) is 0 Å². The first kappa shape index (κ1) is 14.2. The van der Waals surface area contributed by atoms with Crippen LogP contribution in [-0.2, 0) is 0 Å². The van der Waals surface area contributed by atoms with E-state index in [0.29, 0.717) is 10.6 Å². The van der Waals surface area contributed by atoms with E-state index in [1.807, 2.05) is 24.4 Å².